The molecule has 1 fully saturated rings. The molecule has 4 nitrogen and oxygen atoms in total. The van der Waals surface area contributed by atoms with Crippen molar-refractivity contribution in [3.8, 4) is 0 Å². The zero-order valence-electron chi connectivity index (χ0n) is 11.9. The molecule has 1 aromatic carbocycles. The summed E-state index contributed by atoms with van der Waals surface area (Å²) in [6.45, 7) is 4.85. The molecule has 0 aliphatic carbocycles. The smallest absolute Gasteiger partial charge is 0.236 e. The lowest BCUT2D eigenvalue weighted by molar-refractivity contribution is -0.132. The highest BCUT2D eigenvalue weighted by molar-refractivity contribution is 9.10. The minimum absolute atomic E-state index is 0.225. The van der Waals surface area contributed by atoms with Gasteiger partial charge in [0.1, 0.15) is 0 Å². The molecule has 110 valence electrons. The molecule has 0 radical (unpaired) electrons. The van der Waals surface area contributed by atoms with E-state index in [2.05, 4.69) is 32.2 Å². The molecule has 1 aliphatic heterocycles. The van der Waals surface area contributed by atoms with Gasteiger partial charge in [0.05, 0.1) is 6.54 Å². The molecule has 0 atom stereocenters. The highest BCUT2D eigenvalue weighted by atomic mass is 79.9. The molecular weight excluding hydrogens is 318 g/mol. The van der Waals surface area contributed by atoms with Crippen molar-refractivity contribution in [3.63, 3.8) is 0 Å². The van der Waals surface area contributed by atoms with Crippen molar-refractivity contribution in [2.45, 2.75) is 13.0 Å². The van der Waals surface area contributed by atoms with E-state index >= 15 is 0 Å². The minimum Gasteiger partial charge on any atom is -0.340 e. The second kappa shape index (κ2) is 7.76. The number of likely N-dealkylation sites (N-methyl/N-ethyl adjacent to an activating group) is 1. The Balaban J connectivity index is 1.85. The summed E-state index contributed by atoms with van der Waals surface area (Å²) in [5.41, 5.74) is 1.21. The van der Waals surface area contributed by atoms with Crippen LogP contribution in [0.15, 0.2) is 28.7 Å². The Morgan fingerprint density at radius 1 is 1.35 bits per heavy atom. The summed E-state index contributed by atoms with van der Waals surface area (Å²) in [5, 5.41) is 3.32. The fraction of sp³-hybridized carbons (Fsp3) is 0.533. The largest absolute Gasteiger partial charge is 0.340 e. The molecule has 0 saturated carbocycles. The number of carbonyl (C=O) groups is 1. The molecule has 1 aromatic rings. The van der Waals surface area contributed by atoms with Gasteiger partial charge in [-0.3, -0.25) is 9.69 Å². The Kier molecular flexibility index (Phi) is 6.01. The van der Waals surface area contributed by atoms with Gasteiger partial charge in [-0.15, -0.1) is 0 Å². The zero-order chi connectivity index (χ0) is 14.4. The van der Waals surface area contributed by atoms with Gasteiger partial charge >= 0.3 is 0 Å². The molecule has 5 heteroatoms. The van der Waals surface area contributed by atoms with E-state index < -0.39 is 0 Å². The Bertz CT molecular complexity index is 444. The Labute approximate surface area is 129 Å². The van der Waals surface area contributed by atoms with Crippen LogP contribution in [0.2, 0.25) is 0 Å². The second-order valence-corrected chi connectivity index (χ2v) is 6.10. The van der Waals surface area contributed by atoms with Gasteiger partial charge in [0, 0.05) is 30.7 Å². The van der Waals surface area contributed by atoms with Gasteiger partial charge in [0.2, 0.25) is 5.91 Å². The summed E-state index contributed by atoms with van der Waals surface area (Å²) in [6.07, 6.45) is 1.04. The standard InChI is InChI=1S/C15H22BrN3O/c1-18(11-13-5-2-3-6-14(13)16)12-15(20)19-9-4-7-17-8-10-19/h2-3,5-6,17H,4,7-12H2,1H3. The third-order valence-electron chi connectivity index (χ3n) is 3.50. The van der Waals surface area contributed by atoms with Gasteiger partial charge in [-0.2, -0.15) is 0 Å². The van der Waals surface area contributed by atoms with E-state index in [1.807, 2.05) is 30.1 Å². The van der Waals surface area contributed by atoms with E-state index in [0.717, 1.165) is 43.6 Å². The number of benzene rings is 1. The van der Waals surface area contributed by atoms with Crippen LogP contribution in [0, 0.1) is 0 Å². The third kappa shape index (κ3) is 4.58. The van der Waals surface area contributed by atoms with Crippen LogP contribution in [0.25, 0.3) is 0 Å². The Morgan fingerprint density at radius 2 is 2.15 bits per heavy atom. The van der Waals surface area contributed by atoms with Crippen molar-refractivity contribution in [2.24, 2.45) is 0 Å². The topological polar surface area (TPSA) is 35.6 Å². The summed E-state index contributed by atoms with van der Waals surface area (Å²) < 4.78 is 1.10. The monoisotopic (exact) mass is 339 g/mol. The number of hydrogen-bond donors (Lipinski definition) is 1. The first-order valence-corrected chi connectivity index (χ1v) is 7.86. The lowest BCUT2D eigenvalue weighted by Gasteiger charge is -2.24. The van der Waals surface area contributed by atoms with Gasteiger partial charge in [-0.1, -0.05) is 34.1 Å². The highest BCUT2D eigenvalue weighted by Gasteiger charge is 2.17. The van der Waals surface area contributed by atoms with Crippen molar-refractivity contribution in [1.29, 1.82) is 0 Å². The molecular formula is C15H22BrN3O. The first-order valence-electron chi connectivity index (χ1n) is 7.07. The van der Waals surface area contributed by atoms with Crippen LogP contribution in [-0.2, 0) is 11.3 Å². The summed E-state index contributed by atoms with van der Waals surface area (Å²) in [4.78, 5) is 16.3. The molecule has 1 amide bonds. The van der Waals surface area contributed by atoms with Crippen molar-refractivity contribution >= 4 is 21.8 Å². The summed E-state index contributed by atoms with van der Waals surface area (Å²) in [5.74, 6) is 0.225. The summed E-state index contributed by atoms with van der Waals surface area (Å²) >= 11 is 3.55. The molecule has 1 heterocycles. The van der Waals surface area contributed by atoms with Gasteiger partial charge in [-0.25, -0.2) is 0 Å². The van der Waals surface area contributed by atoms with Crippen LogP contribution in [0.4, 0.5) is 0 Å². The second-order valence-electron chi connectivity index (χ2n) is 5.25. The van der Waals surface area contributed by atoms with E-state index in [4.69, 9.17) is 0 Å². The molecule has 1 N–H and O–H groups in total. The highest BCUT2D eigenvalue weighted by Crippen LogP contribution is 2.17. The van der Waals surface area contributed by atoms with Gasteiger partial charge in [-0.05, 0) is 31.6 Å². The van der Waals surface area contributed by atoms with Crippen LogP contribution in [0.3, 0.4) is 0 Å². The Hall–Kier alpha value is -0.910. The predicted molar refractivity (Wildman–Crippen MR) is 84.5 cm³/mol. The zero-order valence-corrected chi connectivity index (χ0v) is 13.5. The molecule has 20 heavy (non-hydrogen) atoms. The molecule has 1 saturated heterocycles. The van der Waals surface area contributed by atoms with E-state index in [1.54, 1.807) is 0 Å². The van der Waals surface area contributed by atoms with Crippen molar-refractivity contribution in [1.82, 2.24) is 15.1 Å². The van der Waals surface area contributed by atoms with E-state index in [0.29, 0.717) is 6.54 Å². The minimum atomic E-state index is 0.225. The van der Waals surface area contributed by atoms with Crippen LogP contribution in [-0.4, -0.2) is 55.5 Å². The lowest BCUT2D eigenvalue weighted by Crippen LogP contribution is -2.40. The number of rotatable bonds is 4. The molecule has 0 unspecified atom stereocenters. The molecule has 1 aliphatic rings. The SMILES string of the molecule is CN(CC(=O)N1CCCNCC1)Cc1ccccc1Br. The van der Waals surface area contributed by atoms with Crippen LogP contribution in [0.1, 0.15) is 12.0 Å². The van der Waals surface area contributed by atoms with E-state index in [-0.39, 0.29) is 5.91 Å². The maximum Gasteiger partial charge on any atom is 0.236 e. The van der Waals surface area contributed by atoms with E-state index in [9.17, 15) is 4.79 Å². The first kappa shape index (κ1) is 15.5. The van der Waals surface area contributed by atoms with Crippen molar-refractivity contribution in [3.05, 3.63) is 34.3 Å². The maximum atomic E-state index is 12.3. The number of amides is 1. The maximum absolute atomic E-state index is 12.3. The fourth-order valence-electron chi connectivity index (χ4n) is 2.40. The normalized spacial score (nSPS) is 16.2. The Morgan fingerprint density at radius 3 is 2.95 bits per heavy atom. The predicted octanol–water partition coefficient (Wildman–Crippen LogP) is 1.70. The fourth-order valence-corrected chi connectivity index (χ4v) is 2.81. The van der Waals surface area contributed by atoms with Crippen molar-refractivity contribution < 1.29 is 4.79 Å². The van der Waals surface area contributed by atoms with Crippen LogP contribution < -0.4 is 5.32 Å². The lowest BCUT2D eigenvalue weighted by atomic mass is 10.2. The summed E-state index contributed by atoms with van der Waals surface area (Å²) in [7, 11) is 1.99. The molecule has 0 spiro atoms. The number of carbonyl (C=O) groups excluding carboxylic acids is 1. The van der Waals surface area contributed by atoms with Crippen LogP contribution in [0.5, 0.6) is 0 Å². The number of nitrogens with zero attached hydrogens (tertiary/aromatic N) is 2. The average molecular weight is 340 g/mol. The van der Waals surface area contributed by atoms with Gasteiger partial charge < -0.3 is 10.2 Å². The number of nitrogens with one attached hydrogen (secondary N) is 1. The number of hydrogen-bond acceptors (Lipinski definition) is 3. The molecule has 0 bridgehead atoms. The van der Waals surface area contributed by atoms with Crippen LogP contribution >= 0.6 is 15.9 Å². The molecule has 0 aromatic heterocycles. The van der Waals surface area contributed by atoms with Gasteiger partial charge in [0.25, 0.3) is 0 Å². The van der Waals surface area contributed by atoms with Gasteiger partial charge in [0.15, 0.2) is 0 Å². The average Bonchev–Trinajstić information content (AvgIpc) is 2.70. The molecule has 2 rings (SSSR count). The summed E-state index contributed by atoms with van der Waals surface area (Å²) in [6, 6.07) is 8.14. The van der Waals surface area contributed by atoms with E-state index in [1.165, 1.54) is 5.56 Å². The third-order valence-corrected chi connectivity index (χ3v) is 4.27. The first-order chi connectivity index (χ1) is 9.66. The number of halogens is 1. The van der Waals surface area contributed by atoms with Crippen molar-refractivity contribution in [2.75, 3.05) is 39.8 Å². The quantitative estimate of drug-likeness (QED) is 0.906.